The van der Waals surface area contributed by atoms with Crippen LogP contribution < -0.4 is 10.7 Å². The summed E-state index contributed by atoms with van der Waals surface area (Å²) in [5, 5.41) is 32.4. The molecule has 1 unspecified atom stereocenters. The number of carbonyl (C=O) groups is 1. The van der Waals surface area contributed by atoms with Gasteiger partial charge in [-0.3, -0.25) is 35.7 Å². The highest BCUT2D eigenvalue weighted by Crippen LogP contribution is 2.05. The number of hydrogen-bond acceptors (Lipinski definition) is 8. The molecule has 1 fully saturated rings. The number of nitrogens with one attached hydrogen (secondary N) is 2. The minimum Gasteiger partial charge on any atom is -0.261 e. The molecule has 0 bridgehead atoms. The van der Waals surface area contributed by atoms with Crippen molar-refractivity contribution < 1.29 is 19.6 Å². The predicted molar refractivity (Wildman–Crippen MR) is 42.1 cm³/mol. The van der Waals surface area contributed by atoms with E-state index in [1.807, 2.05) is 0 Å². The van der Waals surface area contributed by atoms with Crippen LogP contribution in [-0.2, 0) is 0 Å². The second kappa shape index (κ2) is 3.89. The van der Waals surface area contributed by atoms with E-state index in [0.717, 1.165) is 0 Å². The molecular formula is C3H4N6O7. The highest BCUT2D eigenvalue weighted by molar-refractivity contribution is 5.75. The van der Waals surface area contributed by atoms with E-state index in [-0.39, 0.29) is 5.01 Å². The number of carbonyl (C=O) groups excluding carboxylic acids is 1. The molecule has 16 heavy (non-hydrogen) atoms. The van der Waals surface area contributed by atoms with Crippen LogP contribution >= 0.6 is 0 Å². The van der Waals surface area contributed by atoms with E-state index in [1.54, 1.807) is 10.7 Å². The number of nitrogens with zero attached hydrogens (tertiary/aromatic N) is 4. The van der Waals surface area contributed by atoms with Gasteiger partial charge < -0.3 is 0 Å². The Hall–Kier alpha value is -2.57. The summed E-state index contributed by atoms with van der Waals surface area (Å²) in [5.74, 6) is 0. The number of urea groups is 1. The van der Waals surface area contributed by atoms with Gasteiger partial charge in [0.15, 0.2) is 0 Å². The Labute approximate surface area is 85.4 Å². The lowest BCUT2D eigenvalue weighted by Gasteiger charge is -2.10. The van der Waals surface area contributed by atoms with Crippen molar-refractivity contribution in [2.45, 2.75) is 12.6 Å². The molecular weight excluding hydrogens is 232 g/mol. The topological polar surface area (TPSA) is 174 Å². The first kappa shape index (κ1) is 11.5. The summed E-state index contributed by atoms with van der Waals surface area (Å²) < 4.78 is 0. The van der Waals surface area contributed by atoms with Crippen LogP contribution in [0.4, 0.5) is 4.79 Å². The van der Waals surface area contributed by atoms with Gasteiger partial charge in [-0.2, -0.15) is 0 Å². The average Bonchev–Trinajstić information content (AvgIpc) is 2.47. The number of rotatable bonds is 4. The molecule has 1 saturated heterocycles. The monoisotopic (exact) mass is 236 g/mol. The Kier molecular flexibility index (Phi) is 2.80. The van der Waals surface area contributed by atoms with Crippen molar-refractivity contribution in [2.24, 2.45) is 0 Å². The van der Waals surface area contributed by atoms with Crippen molar-refractivity contribution in [2.75, 3.05) is 0 Å². The smallest absolute Gasteiger partial charge is 0.261 e. The van der Waals surface area contributed by atoms with Crippen molar-refractivity contribution in [1.82, 2.24) is 15.8 Å². The fourth-order valence-electron chi connectivity index (χ4n) is 0.946. The molecule has 2 N–H and O–H groups in total. The minimum absolute atomic E-state index is 0.0620. The first-order valence-electron chi connectivity index (χ1n) is 3.61. The third kappa shape index (κ3) is 1.92. The van der Waals surface area contributed by atoms with Crippen molar-refractivity contribution in [1.29, 1.82) is 0 Å². The van der Waals surface area contributed by atoms with Crippen LogP contribution in [0.1, 0.15) is 0 Å². The van der Waals surface area contributed by atoms with Crippen molar-refractivity contribution >= 4 is 6.03 Å². The Bertz CT molecular complexity index is 353. The molecule has 0 aliphatic carbocycles. The molecule has 1 aliphatic rings. The summed E-state index contributed by atoms with van der Waals surface area (Å²) in [6, 6.07) is -1.32. The Balaban J connectivity index is 2.88. The summed E-state index contributed by atoms with van der Waals surface area (Å²) in [4.78, 5) is 38.0. The third-order valence-electron chi connectivity index (χ3n) is 1.56. The van der Waals surface area contributed by atoms with E-state index in [9.17, 15) is 35.1 Å². The third-order valence-corrected chi connectivity index (χ3v) is 1.56. The second-order valence-corrected chi connectivity index (χ2v) is 2.55. The normalized spacial score (nSPS) is 19.7. The molecule has 0 saturated carbocycles. The van der Waals surface area contributed by atoms with Crippen molar-refractivity contribution in [3.8, 4) is 0 Å². The molecule has 88 valence electrons. The zero-order valence-electron chi connectivity index (χ0n) is 7.30. The van der Waals surface area contributed by atoms with Gasteiger partial charge in [-0.1, -0.05) is 0 Å². The fraction of sp³-hybridized carbons (Fsp3) is 0.667. The number of hydrogen-bond donors (Lipinski definition) is 2. The quantitative estimate of drug-likeness (QED) is 0.317. The first-order chi connectivity index (χ1) is 7.34. The molecule has 2 amide bonds. The van der Waals surface area contributed by atoms with Crippen LogP contribution in [0.3, 0.4) is 0 Å². The molecule has 0 aromatic heterocycles. The SMILES string of the molecule is O=C1NC([N+](=O)[O-])NN1C([N+](=O)[O-])[N+](=O)[O-]. The van der Waals surface area contributed by atoms with Gasteiger partial charge >= 0.3 is 18.6 Å². The van der Waals surface area contributed by atoms with Crippen LogP contribution in [-0.4, -0.2) is 38.4 Å². The summed E-state index contributed by atoms with van der Waals surface area (Å²) >= 11 is 0. The van der Waals surface area contributed by atoms with E-state index >= 15 is 0 Å². The summed E-state index contributed by atoms with van der Waals surface area (Å²) in [6.07, 6.45) is -4.44. The van der Waals surface area contributed by atoms with E-state index in [0.29, 0.717) is 0 Å². The Morgan fingerprint density at radius 3 is 2.00 bits per heavy atom. The summed E-state index contributed by atoms with van der Waals surface area (Å²) in [5.41, 5.74) is 1.69. The molecule has 0 aromatic rings. The standard InChI is InChI=1S/C3H4N6O7/c10-2-4-1(7(11)12)5-6(2)3(8(13)14)9(15)16/h1,3,5H,(H,4,10). The maximum atomic E-state index is 11.0. The number of hydrazine groups is 1. The van der Waals surface area contributed by atoms with E-state index in [2.05, 4.69) is 0 Å². The lowest BCUT2D eigenvalue weighted by Crippen LogP contribution is -2.53. The van der Waals surface area contributed by atoms with Gasteiger partial charge in [0.05, 0.1) is 4.92 Å². The first-order valence-corrected chi connectivity index (χ1v) is 3.61. The van der Waals surface area contributed by atoms with Gasteiger partial charge in [-0.15, -0.1) is 10.4 Å². The Morgan fingerprint density at radius 2 is 1.69 bits per heavy atom. The van der Waals surface area contributed by atoms with Gasteiger partial charge in [0.1, 0.15) is 9.85 Å². The molecule has 13 nitrogen and oxygen atoms in total. The maximum absolute atomic E-state index is 11.0. The fourth-order valence-corrected chi connectivity index (χ4v) is 0.946. The van der Waals surface area contributed by atoms with Crippen LogP contribution in [0.15, 0.2) is 0 Å². The molecule has 1 atom stereocenters. The summed E-state index contributed by atoms with van der Waals surface area (Å²) in [7, 11) is 0. The number of nitro groups is 3. The van der Waals surface area contributed by atoms with Crippen LogP contribution in [0.25, 0.3) is 0 Å². The largest absolute Gasteiger partial charge is 0.552 e. The molecule has 0 radical (unpaired) electrons. The number of amides is 2. The van der Waals surface area contributed by atoms with Crippen LogP contribution in [0.2, 0.25) is 0 Å². The maximum Gasteiger partial charge on any atom is 0.552 e. The molecule has 0 spiro atoms. The molecule has 13 heteroatoms. The highest BCUT2D eigenvalue weighted by atomic mass is 16.7. The van der Waals surface area contributed by atoms with Gasteiger partial charge in [-0.05, 0) is 0 Å². The van der Waals surface area contributed by atoms with Crippen molar-refractivity contribution in [3.05, 3.63) is 30.3 Å². The van der Waals surface area contributed by atoms with Crippen LogP contribution in [0, 0.1) is 30.3 Å². The van der Waals surface area contributed by atoms with Gasteiger partial charge in [0.25, 0.3) is 0 Å². The predicted octanol–water partition coefficient (Wildman–Crippen LogP) is -2.09. The Morgan fingerprint density at radius 1 is 1.19 bits per heavy atom. The van der Waals surface area contributed by atoms with Crippen LogP contribution in [0.5, 0.6) is 0 Å². The van der Waals surface area contributed by atoms with E-state index in [4.69, 9.17) is 0 Å². The molecule has 1 heterocycles. The zero-order valence-corrected chi connectivity index (χ0v) is 7.30. The summed E-state index contributed by atoms with van der Waals surface area (Å²) in [6.45, 7) is 0. The average molecular weight is 236 g/mol. The second-order valence-electron chi connectivity index (χ2n) is 2.55. The van der Waals surface area contributed by atoms with Gasteiger partial charge in [0, 0.05) is 0 Å². The van der Waals surface area contributed by atoms with Gasteiger partial charge in [0.2, 0.25) is 0 Å². The highest BCUT2D eigenvalue weighted by Gasteiger charge is 2.51. The van der Waals surface area contributed by atoms with E-state index in [1.165, 1.54) is 0 Å². The zero-order chi connectivity index (χ0) is 12.5. The molecule has 0 aromatic carbocycles. The van der Waals surface area contributed by atoms with Crippen molar-refractivity contribution in [3.63, 3.8) is 0 Å². The lowest BCUT2D eigenvalue weighted by atomic mass is 10.8. The molecule has 1 aliphatic heterocycles. The molecule has 1 rings (SSSR count). The lowest BCUT2D eigenvalue weighted by molar-refractivity contribution is -0.768. The van der Waals surface area contributed by atoms with Gasteiger partial charge in [-0.25, -0.2) is 4.79 Å². The van der Waals surface area contributed by atoms with E-state index < -0.39 is 33.4 Å². The minimum atomic E-state index is -2.62.